The molecule has 0 amide bonds. The van der Waals surface area contributed by atoms with Crippen LogP contribution in [0.25, 0.3) is 0 Å². The fourth-order valence-corrected chi connectivity index (χ4v) is 1.97. The number of nitrogens with one attached hydrogen (secondary N) is 1. The molecule has 4 heteroatoms. The second kappa shape index (κ2) is 4.40. The van der Waals surface area contributed by atoms with Gasteiger partial charge in [-0.25, -0.2) is 0 Å². The zero-order chi connectivity index (χ0) is 10.7. The molecule has 15 heavy (non-hydrogen) atoms. The molecule has 0 radical (unpaired) electrons. The molecule has 1 N–H and O–H groups in total. The number of H-pyrrole nitrogens is 1. The maximum absolute atomic E-state index is 5.17. The highest BCUT2D eigenvalue weighted by Gasteiger charge is 2.11. The lowest BCUT2D eigenvalue weighted by Crippen LogP contribution is -2.08. The normalized spacial score (nSPS) is 12.6. The fourth-order valence-electron chi connectivity index (χ4n) is 1.75. The summed E-state index contributed by atoms with van der Waals surface area (Å²) in [5.74, 6) is 0. The van der Waals surface area contributed by atoms with Crippen molar-refractivity contribution in [2.24, 2.45) is 0 Å². The van der Waals surface area contributed by atoms with Crippen LogP contribution in [0.5, 0.6) is 0 Å². The van der Waals surface area contributed by atoms with E-state index in [9.17, 15) is 0 Å². The van der Waals surface area contributed by atoms with Gasteiger partial charge in [-0.05, 0) is 24.2 Å². The molecular weight excluding hydrogens is 206 g/mol. The van der Waals surface area contributed by atoms with Crippen LogP contribution < -0.4 is 0 Å². The quantitative estimate of drug-likeness (QED) is 0.805. The Bertz CT molecular complexity index is 472. The van der Waals surface area contributed by atoms with Crippen molar-refractivity contribution in [3.63, 3.8) is 0 Å². The zero-order valence-electron chi connectivity index (χ0n) is 8.55. The average molecular weight is 219 g/mol. The van der Waals surface area contributed by atoms with Crippen molar-refractivity contribution >= 4 is 12.2 Å². The Hall–Kier alpha value is -1.42. The molecule has 1 unspecified atom stereocenters. The van der Waals surface area contributed by atoms with E-state index in [0.717, 1.165) is 6.42 Å². The topological polar surface area (TPSA) is 33.6 Å². The number of hydrogen-bond acceptors (Lipinski definition) is 2. The first-order valence-electron chi connectivity index (χ1n) is 4.99. The number of rotatable bonds is 3. The van der Waals surface area contributed by atoms with Gasteiger partial charge in [-0.2, -0.15) is 5.10 Å². The molecule has 1 aromatic carbocycles. The van der Waals surface area contributed by atoms with Crippen molar-refractivity contribution in [3.8, 4) is 0 Å². The molecule has 1 aromatic heterocycles. The van der Waals surface area contributed by atoms with Crippen LogP contribution in [0.3, 0.4) is 0 Å². The van der Waals surface area contributed by atoms with Crippen LogP contribution in [0.15, 0.2) is 36.7 Å². The summed E-state index contributed by atoms with van der Waals surface area (Å²) < 4.78 is 2.66. The molecule has 0 bridgehead atoms. The minimum Gasteiger partial charge on any atom is -0.299 e. The minimum absolute atomic E-state index is 0.275. The molecule has 0 spiro atoms. The standard InChI is InChI=1S/C11H13N3S/c1-2-10(9-6-4-3-5-7-9)14-8-12-13-11(14)15/h3-8,10H,2H2,1H3,(H,13,15). The molecular formula is C11H13N3S. The van der Waals surface area contributed by atoms with E-state index in [2.05, 4.69) is 29.3 Å². The molecule has 3 nitrogen and oxygen atoms in total. The molecule has 2 rings (SSSR count). The number of nitrogens with zero attached hydrogens (tertiary/aromatic N) is 2. The van der Waals surface area contributed by atoms with Gasteiger partial charge in [0.05, 0.1) is 6.04 Å². The Morgan fingerprint density at radius 1 is 1.40 bits per heavy atom. The van der Waals surface area contributed by atoms with E-state index in [0.29, 0.717) is 4.77 Å². The van der Waals surface area contributed by atoms with Crippen LogP contribution in [-0.2, 0) is 0 Å². The van der Waals surface area contributed by atoms with Gasteiger partial charge in [-0.3, -0.25) is 9.67 Å². The first-order valence-corrected chi connectivity index (χ1v) is 5.40. The monoisotopic (exact) mass is 219 g/mol. The van der Waals surface area contributed by atoms with Crippen LogP contribution in [0, 0.1) is 4.77 Å². The third-order valence-electron chi connectivity index (χ3n) is 2.48. The summed E-state index contributed by atoms with van der Waals surface area (Å²) in [4.78, 5) is 0. The van der Waals surface area contributed by atoms with E-state index in [1.165, 1.54) is 5.56 Å². The van der Waals surface area contributed by atoms with Crippen LogP contribution >= 0.6 is 12.2 Å². The highest BCUT2D eigenvalue weighted by Crippen LogP contribution is 2.20. The molecule has 1 atom stereocenters. The van der Waals surface area contributed by atoms with Crippen LogP contribution in [0.2, 0.25) is 0 Å². The van der Waals surface area contributed by atoms with Gasteiger partial charge in [0.2, 0.25) is 0 Å². The van der Waals surface area contributed by atoms with Crippen molar-refractivity contribution in [3.05, 3.63) is 47.0 Å². The van der Waals surface area contributed by atoms with E-state index in [1.807, 2.05) is 22.8 Å². The van der Waals surface area contributed by atoms with Gasteiger partial charge < -0.3 is 0 Å². The maximum Gasteiger partial charge on any atom is 0.195 e. The molecule has 1 heterocycles. The Balaban J connectivity index is 2.42. The summed E-state index contributed by atoms with van der Waals surface area (Å²) >= 11 is 5.17. The van der Waals surface area contributed by atoms with Crippen molar-refractivity contribution in [2.45, 2.75) is 19.4 Å². The molecule has 2 aromatic rings. The van der Waals surface area contributed by atoms with Gasteiger partial charge in [0.1, 0.15) is 6.33 Å². The number of hydrogen-bond donors (Lipinski definition) is 1. The van der Waals surface area contributed by atoms with Crippen molar-refractivity contribution in [1.29, 1.82) is 0 Å². The second-order valence-electron chi connectivity index (χ2n) is 3.40. The lowest BCUT2D eigenvalue weighted by molar-refractivity contribution is 0.558. The minimum atomic E-state index is 0.275. The predicted octanol–water partition coefficient (Wildman–Crippen LogP) is 2.94. The molecule has 0 aliphatic carbocycles. The molecule has 0 aliphatic rings. The van der Waals surface area contributed by atoms with E-state index in [4.69, 9.17) is 12.2 Å². The summed E-state index contributed by atoms with van der Waals surface area (Å²) in [6.07, 6.45) is 2.75. The van der Waals surface area contributed by atoms with Crippen LogP contribution in [0.4, 0.5) is 0 Å². The molecule has 0 saturated carbocycles. The van der Waals surface area contributed by atoms with Gasteiger partial charge >= 0.3 is 0 Å². The average Bonchev–Trinajstić information content (AvgIpc) is 2.68. The summed E-state index contributed by atoms with van der Waals surface area (Å²) in [5.41, 5.74) is 1.26. The van der Waals surface area contributed by atoms with Crippen LogP contribution in [-0.4, -0.2) is 14.8 Å². The zero-order valence-corrected chi connectivity index (χ0v) is 9.37. The van der Waals surface area contributed by atoms with E-state index >= 15 is 0 Å². The molecule has 0 fully saturated rings. The predicted molar refractivity (Wildman–Crippen MR) is 62.3 cm³/mol. The Labute approximate surface area is 93.8 Å². The first-order chi connectivity index (χ1) is 7.33. The molecule has 0 aliphatic heterocycles. The Morgan fingerprint density at radius 3 is 2.67 bits per heavy atom. The van der Waals surface area contributed by atoms with E-state index < -0.39 is 0 Å². The van der Waals surface area contributed by atoms with E-state index in [1.54, 1.807) is 6.33 Å². The number of aromatic nitrogens is 3. The molecule has 0 saturated heterocycles. The van der Waals surface area contributed by atoms with Gasteiger partial charge in [0.15, 0.2) is 4.77 Å². The fraction of sp³-hybridized carbons (Fsp3) is 0.273. The Kier molecular flexibility index (Phi) is 2.97. The van der Waals surface area contributed by atoms with E-state index in [-0.39, 0.29) is 6.04 Å². The van der Waals surface area contributed by atoms with Gasteiger partial charge in [-0.15, -0.1) is 0 Å². The maximum atomic E-state index is 5.17. The summed E-state index contributed by atoms with van der Waals surface area (Å²) in [6.45, 7) is 2.15. The van der Waals surface area contributed by atoms with Gasteiger partial charge in [0, 0.05) is 0 Å². The van der Waals surface area contributed by atoms with Gasteiger partial charge in [0.25, 0.3) is 0 Å². The summed E-state index contributed by atoms with van der Waals surface area (Å²) in [7, 11) is 0. The summed E-state index contributed by atoms with van der Waals surface area (Å²) in [5, 5.41) is 6.73. The van der Waals surface area contributed by atoms with Crippen molar-refractivity contribution in [1.82, 2.24) is 14.8 Å². The third-order valence-corrected chi connectivity index (χ3v) is 2.79. The summed E-state index contributed by atoms with van der Waals surface area (Å²) in [6, 6.07) is 10.6. The largest absolute Gasteiger partial charge is 0.299 e. The highest BCUT2D eigenvalue weighted by atomic mass is 32.1. The number of benzene rings is 1. The smallest absolute Gasteiger partial charge is 0.195 e. The first kappa shape index (κ1) is 10.1. The lowest BCUT2D eigenvalue weighted by atomic mass is 10.0. The molecule has 78 valence electrons. The lowest BCUT2D eigenvalue weighted by Gasteiger charge is -2.15. The third kappa shape index (κ3) is 1.99. The number of aromatic amines is 1. The highest BCUT2D eigenvalue weighted by molar-refractivity contribution is 7.71. The van der Waals surface area contributed by atoms with Crippen LogP contribution in [0.1, 0.15) is 24.9 Å². The van der Waals surface area contributed by atoms with Crippen molar-refractivity contribution < 1.29 is 0 Å². The Morgan fingerprint density at radius 2 is 2.13 bits per heavy atom. The SMILES string of the molecule is CCC(c1ccccc1)n1cn[nH]c1=S. The van der Waals surface area contributed by atoms with Gasteiger partial charge in [-0.1, -0.05) is 37.3 Å². The van der Waals surface area contributed by atoms with Crippen molar-refractivity contribution in [2.75, 3.05) is 0 Å². The second-order valence-corrected chi connectivity index (χ2v) is 3.79.